The number of pyridine rings is 2. The highest BCUT2D eigenvalue weighted by Crippen LogP contribution is 2.15. The second-order valence-corrected chi connectivity index (χ2v) is 4.84. The van der Waals surface area contributed by atoms with E-state index in [1.807, 2.05) is 44.2 Å². The third-order valence-electron chi connectivity index (χ3n) is 3.30. The fraction of sp³-hybridized carbons (Fsp3) is 0.312. The number of aromatic nitrogens is 2. The van der Waals surface area contributed by atoms with Crippen molar-refractivity contribution in [2.24, 2.45) is 0 Å². The van der Waals surface area contributed by atoms with Crippen LogP contribution in [0, 0.1) is 0 Å². The Morgan fingerprint density at radius 1 is 1.14 bits per heavy atom. The predicted octanol–water partition coefficient (Wildman–Crippen LogP) is 2.99. The number of amides is 2. The first-order valence-corrected chi connectivity index (χ1v) is 7.08. The van der Waals surface area contributed by atoms with Crippen molar-refractivity contribution in [2.75, 3.05) is 0 Å². The van der Waals surface area contributed by atoms with Crippen LogP contribution in [0.3, 0.4) is 0 Å². The van der Waals surface area contributed by atoms with Gasteiger partial charge in [-0.1, -0.05) is 13.0 Å². The molecule has 0 aliphatic carbocycles. The third-order valence-corrected chi connectivity index (χ3v) is 3.30. The first kappa shape index (κ1) is 15.0. The quantitative estimate of drug-likeness (QED) is 0.887. The standard InChI is InChI=1S/C16H20N4O/c1-3-14(13-7-10-17-11-8-13)20-16(21)19-12(2)15-6-4-5-9-18-15/h4-12,14H,3H2,1-2H3,(H2,19,20,21)/t12-,14-/m1/s1. The van der Waals surface area contributed by atoms with Gasteiger partial charge in [0.1, 0.15) is 0 Å². The molecular weight excluding hydrogens is 264 g/mol. The highest BCUT2D eigenvalue weighted by Gasteiger charge is 2.15. The fourth-order valence-electron chi connectivity index (χ4n) is 2.12. The molecule has 2 aromatic rings. The van der Waals surface area contributed by atoms with Crippen LogP contribution in [0.5, 0.6) is 0 Å². The summed E-state index contributed by atoms with van der Waals surface area (Å²) < 4.78 is 0. The van der Waals surface area contributed by atoms with Crippen LogP contribution in [0.4, 0.5) is 4.79 Å². The lowest BCUT2D eigenvalue weighted by molar-refractivity contribution is 0.233. The lowest BCUT2D eigenvalue weighted by Crippen LogP contribution is -2.39. The van der Waals surface area contributed by atoms with Gasteiger partial charge in [0.2, 0.25) is 0 Å². The highest BCUT2D eigenvalue weighted by molar-refractivity contribution is 5.74. The van der Waals surface area contributed by atoms with Crippen LogP contribution in [0.2, 0.25) is 0 Å². The van der Waals surface area contributed by atoms with Crippen LogP contribution >= 0.6 is 0 Å². The summed E-state index contributed by atoms with van der Waals surface area (Å²) in [6.45, 7) is 3.95. The van der Waals surface area contributed by atoms with E-state index in [0.717, 1.165) is 17.7 Å². The molecule has 0 aliphatic heterocycles. The zero-order valence-corrected chi connectivity index (χ0v) is 12.3. The number of hydrogen-bond acceptors (Lipinski definition) is 3. The summed E-state index contributed by atoms with van der Waals surface area (Å²) in [6.07, 6.45) is 5.99. The van der Waals surface area contributed by atoms with Gasteiger partial charge >= 0.3 is 6.03 Å². The summed E-state index contributed by atoms with van der Waals surface area (Å²) in [5, 5.41) is 5.88. The second kappa shape index (κ2) is 7.38. The van der Waals surface area contributed by atoms with Crippen molar-refractivity contribution in [3.05, 3.63) is 60.2 Å². The van der Waals surface area contributed by atoms with E-state index in [-0.39, 0.29) is 18.1 Å². The predicted molar refractivity (Wildman–Crippen MR) is 81.6 cm³/mol. The molecule has 2 heterocycles. The summed E-state index contributed by atoms with van der Waals surface area (Å²) >= 11 is 0. The molecular formula is C16H20N4O. The van der Waals surface area contributed by atoms with Gasteiger partial charge in [-0.2, -0.15) is 0 Å². The lowest BCUT2D eigenvalue weighted by atomic mass is 10.1. The molecule has 110 valence electrons. The number of urea groups is 1. The van der Waals surface area contributed by atoms with Crippen LogP contribution < -0.4 is 10.6 Å². The van der Waals surface area contributed by atoms with E-state index in [9.17, 15) is 4.79 Å². The molecule has 0 saturated heterocycles. The fourth-order valence-corrected chi connectivity index (χ4v) is 2.12. The van der Waals surface area contributed by atoms with E-state index in [1.165, 1.54) is 0 Å². The summed E-state index contributed by atoms with van der Waals surface area (Å²) in [5.74, 6) is 0. The maximum absolute atomic E-state index is 12.1. The van der Waals surface area contributed by atoms with Crippen LogP contribution in [-0.2, 0) is 0 Å². The number of rotatable bonds is 5. The minimum absolute atomic E-state index is 0.0241. The normalized spacial score (nSPS) is 13.2. The topological polar surface area (TPSA) is 66.9 Å². The molecule has 0 aliphatic rings. The summed E-state index contributed by atoms with van der Waals surface area (Å²) in [6, 6.07) is 9.12. The Hall–Kier alpha value is -2.43. The Bertz CT molecular complexity index is 559. The van der Waals surface area contributed by atoms with Crippen LogP contribution in [-0.4, -0.2) is 16.0 Å². The van der Waals surface area contributed by atoms with Crippen molar-refractivity contribution in [3.63, 3.8) is 0 Å². The summed E-state index contributed by atoms with van der Waals surface area (Å²) in [7, 11) is 0. The van der Waals surface area contributed by atoms with Gasteiger partial charge in [-0.3, -0.25) is 9.97 Å². The first-order valence-electron chi connectivity index (χ1n) is 7.08. The van der Waals surface area contributed by atoms with Gasteiger partial charge < -0.3 is 10.6 Å². The average Bonchev–Trinajstić information content (AvgIpc) is 2.54. The van der Waals surface area contributed by atoms with Gasteiger partial charge in [0.25, 0.3) is 0 Å². The second-order valence-electron chi connectivity index (χ2n) is 4.84. The van der Waals surface area contributed by atoms with E-state index in [2.05, 4.69) is 20.6 Å². The Labute approximate surface area is 124 Å². The van der Waals surface area contributed by atoms with Crippen molar-refractivity contribution in [2.45, 2.75) is 32.4 Å². The molecule has 5 nitrogen and oxygen atoms in total. The number of nitrogens with zero attached hydrogens (tertiary/aromatic N) is 2. The number of carbonyl (C=O) groups excluding carboxylic acids is 1. The van der Waals surface area contributed by atoms with E-state index in [0.29, 0.717) is 0 Å². The molecule has 2 aromatic heterocycles. The number of carbonyl (C=O) groups is 1. The molecule has 21 heavy (non-hydrogen) atoms. The largest absolute Gasteiger partial charge is 0.331 e. The van der Waals surface area contributed by atoms with Crippen molar-refractivity contribution in [1.29, 1.82) is 0 Å². The molecule has 0 unspecified atom stereocenters. The summed E-state index contributed by atoms with van der Waals surface area (Å²) in [4.78, 5) is 20.3. The summed E-state index contributed by atoms with van der Waals surface area (Å²) in [5.41, 5.74) is 1.89. The number of nitrogens with one attached hydrogen (secondary N) is 2. The van der Waals surface area contributed by atoms with Gasteiger partial charge in [-0.15, -0.1) is 0 Å². The minimum atomic E-state index is -0.197. The molecule has 2 atom stereocenters. The Kier molecular flexibility index (Phi) is 5.26. The van der Waals surface area contributed by atoms with E-state index in [4.69, 9.17) is 0 Å². The van der Waals surface area contributed by atoms with Gasteiger partial charge in [-0.25, -0.2) is 4.79 Å². The third kappa shape index (κ3) is 4.27. The molecule has 5 heteroatoms. The Morgan fingerprint density at radius 2 is 1.90 bits per heavy atom. The molecule has 2 N–H and O–H groups in total. The smallest absolute Gasteiger partial charge is 0.315 e. The highest BCUT2D eigenvalue weighted by atomic mass is 16.2. The zero-order chi connectivity index (χ0) is 15.1. The maximum Gasteiger partial charge on any atom is 0.315 e. The van der Waals surface area contributed by atoms with E-state index >= 15 is 0 Å². The molecule has 0 bridgehead atoms. The molecule has 0 radical (unpaired) electrons. The molecule has 0 saturated carbocycles. The van der Waals surface area contributed by atoms with Gasteiger partial charge in [0.05, 0.1) is 17.8 Å². The van der Waals surface area contributed by atoms with Crippen LogP contribution in [0.1, 0.15) is 43.6 Å². The van der Waals surface area contributed by atoms with Crippen molar-refractivity contribution in [3.8, 4) is 0 Å². The number of hydrogen-bond donors (Lipinski definition) is 2. The van der Waals surface area contributed by atoms with Gasteiger partial charge in [0.15, 0.2) is 0 Å². The minimum Gasteiger partial charge on any atom is -0.331 e. The van der Waals surface area contributed by atoms with Crippen LogP contribution in [0.15, 0.2) is 48.9 Å². The molecule has 0 aromatic carbocycles. The molecule has 2 amide bonds. The molecule has 2 rings (SSSR count). The van der Waals surface area contributed by atoms with Crippen molar-refractivity contribution >= 4 is 6.03 Å². The monoisotopic (exact) mass is 284 g/mol. The zero-order valence-electron chi connectivity index (χ0n) is 12.3. The Morgan fingerprint density at radius 3 is 2.52 bits per heavy atom. The van der Waals surface area contributed by atoms with Gasteiger partial charge in [0, 0.05) is 18.6 Å². The molecule has 0 fully saturated rings. The van der Waals surface area contributed by atoms with E-state index in [1.54, 1.807) is 18.6 Å². The molecule has 0 spiro atoms. The Balaban J connectivity index is 1.94. The van der Waals surface area contributed by atoms with E-state index < -0.39 is 0 Å². The lowest BCUT2D eigenvalue weighted by Gasteiger charge is -2.20. The SMILES string of the molecule is CC[C@@H](NC(=O)N[C@H](C)c1ccccn1)c1ccncc1. The maximum atomic E-state index is 12.1. The first-order chi connectivity index (χ1) is 10.2. The van der Waals surface area contributed by atoms with Crippen LogP contribution in [0.25, 0.3) is 0 Å². The van der Waals surface area contributed by atoms with Crippen molar-refractivity contribution in [1.82, 2.24) is 20.6 Å². The van der Waals surface area contributed by atoms with Crippen molar-refractivity contribution < 1.29 is 4.79 Å². The van der Waals surface area contributed by atoms with Gasteiger partial charge in [-0.05, 0) is 43.2 Å². The average molecular weight is 284 g/mol.